The number of hydrogen-bond acceptors (Lipinski definition) is 6. The average molecular weight is 275 g/mol. The number of oxazole rings is 1. The van der Waals surface area contributed by atoms with E-state index in [1.807, 2.05) is 0 Å². The van der Waals surface area contributed by atoms with Gasteiger partial charge < -0.3 is 15.2 Å². The van der Waals surface area contributed by atoms with Crippen LogP contribution in [0.4, 0.5) is 5.82 Å². The van der Waals surface area contributed by atoms with E-state index in [9.17, 15) is 4.79 Å². The highest BCUT2D eigenvalue weighted by atomic mass is 16.4. The van der Waals surface area contributed by atoms with Crippen LogP contribution in [0.2, 0.25) is 0 Å². The summed E-state index contributed by atoms with van der Waals surface area (Å²) in [5, 5.41) is 2.81. The third-order valence-electron chi connectivity index (χ3n) is 2.72. The van der Waals surface area contributed by atoms with Crippen LogP contribution in [-0.4, -0.2) is 15.9 Å². The molecule has 20 heavy (non-hydrogen) atoms. The van der Waals surface area contributed by atoms with Crippen molar-refractivity contribution in [2.24, 2.45) is 5.84 Å². The molecule has 0 saturated heterocycles. The molecule has 0 aliphatic heterocycles. The van der Waals surface area contributed by atoms with Gasteiger partial charge in [0.1, 0.15) is 17.6 Å². The van der Waals surface area contributed by atoms with Crippen LogP contribution in [0.5, 0.6) is 0 Å². The summed E-state index contributed by atoms with van der Waals surface area (Å²) in [6, 6.07) is 2.94. The Morgan fingerprint density at radius 3 is 2.75 bits per heavy atom. The standard InChI is InChI=1S/C13H17N5O2/c1-7-4-10(5-11(16-7)18-14)12(19)17-9(3)13-15-6-8(2)20-13/h4-6,9H,14H2,1-3H3,(H,16,18)(H,17,19). The number of nitrogens with zero attached hydrogens (tertiary/aromatic N) is 2. The van der Waals surface area contributed by atoms with Crippen molar-refractivity contribution >= 4 is 11.7 Å². The van der Waals surface area contributed by atoms with Gasteiger partial charge in [0.2, 0.25) is 5.89 Å². The quantitative estimate of drug-likeness (QED) is 0.576. The maximum Gasteiger partial charge on any atom is 0.252 e. The zero-order valence-electron chi connectivity index (χ0n) is 11.6. The fourth-order valence-corrected chi connectivity index (χ4v) is 1.79. The van der Waals surface area contributed by atoms with Crippen molar-refractivity contribution in [3.05, 3.63) is 41.2 Å². The highest BCUT2D eigenvalue weighted by molar-refractivity contribution is 5.95. The van der Waals surface area contributed by atoms with Gasteiger partial charge in [0.05, 0.1) is 6.20 Å². The molecule has 1 atom stereocenters. The van der Waals surface area contributed by atoms with Crippen LogP contribution >= 0.6 is 0 Å². The number of nitrogens with one attached hydrogen (secondary N) is 2. The van der Waals surface area contributed by atoms with Gasteiger partial charge in [-0.25, -0.2) is 15.8 Å². The van der Waals surface area contributed by atoms with Crippen molar-refractivity contribution < 1.29 is 9.21 Å². The maximum atomic E-state index is 12.2. The first kappa shape index (κ1) is 14.0. The summed E-state index contributed by atoms with van der Waals surface area (Å²) in [5.74, 6) is 6.69. The normalized spacial score (nSPS) is 12.0. The van der Waals surface area contributed by atoms with E-state index in [2.05, 4.69) is 20.7 Å². The summed E-state index contributed by atoms with van der Waals surface area (Å²) >= 11 is 0. The van der Waals surface area contributed by atoms with Crippen molar-refractivity contribution in [1.29, 1.82) is 0 Å². The summed E-state index contributed by atoms with van der Waals surface area (Å²) in [4.78, 5) is 20.4. The smallest absolute Gasteiger partial charge is 0.252 e. The first-order valence-electron chi connectivity index (χ1n) is 6.18. The largest absolute Gasteiger partial charge is 0.444 e. The average Bonchev–Trinajstić information content (AvgIpc) is 2.84. The number of amides is 1. The first-order chi connectivity index (χ1) is 9.49. The number of carbonyl (C=O) groups is 1. The number of aryl methyl sites for hydroxylation is 2. The minimum atomic E-state index is -0.320. The number of pyridine rings is 1. The summed E-state index contributed by atoms with van der Waals surface area (Å²) in [5.41, 5.74) is 3.60. The van der Waals surface area contributed by atoms with Gasteiger partial charge in [-0.3, -0.25) is 4.79 Å². The summed E-state index contributed by atoms with van der Waals surface area (Å²) < 4.78 is 5.38. The Morgan fingerprint density at radius 2 is 2.15 bits per heavy atom. The SMILES string of the molecule is Cc1cc(C(=O)NC(C)c2ncc(C)o2)cc(NN)n1. The van der Waals surface area contributed by atoms with Crippen LogP contribution in [0.25, 0.3) is 0 Å². The van der Waals surface area contributed by atoms with E-state index >= 15 is 0 Å². The molecule has 0 fully saturated rings. The Morgan fingerprint density at radius 1 is 1.40 bits per heavy atom. The number of anilines is 1. The topological polar surface area (TPSA) is 106 Å². The van der Waals surface area contributed by atoms with E-state index in [4.69, 9.17) is 10.3 Å². The number of rotatable bonds is 4. The lowest BCUT2D eigenvalue weighted by Crippen LogP contribution is -2.27. The van der Waals surface area contributed by atoms with Crippen LogP contribution in [0, 0.1) is 13.8 Å². The summed E-state index contributed by atoms with van der Waals surface area (Å²) in [6.45, 7) is 5.40. The Hall–Kier alpha value is -2.41. The monoisotopic (exact) mass is 275 g/mol. The van der Waals surface area contributed by atoms with Gasteiger partial charge in [0, 0.05) is 11.3 Å². The molecule has 2 rings (SSSR count). The second-order valence-corrected chi connectivity index (χ2v) is 4.53. The van der Waals surface area contributed by atoms with Crippen LogP contribution in [-0.2, 0) is 0 Å². The maximum absolute atomic E-state index is 12.2. The number of aromatic nitrogens is 2. The van der Waals surface area contributed by atoms with Crippen molar-refractivity contribution in [2.75, 3.05) is 5.43 Å². The summed E-state index contributed by atoms with van der Waals surface area (Å²) in [6.07, 6.45) is 1.62. The first-order valence-corrected chi connectivity index (χ1v) is 6.18. The molecule has 0 radical (unpaired) electrons. The van der Waals surface area contributed by atoms with Gasteiger partial charge in [0.25, 0.3) is 5.91 Å². The van der Waals surface area contributed by atoms with E-state index in [1.165, 1.54) is 0 Å². The molecule has 0 saturated carbocycles. The van der Waals surface area contributed by atoms with Crippen molar-refractivity contribution in [3.63, 3.8) is 0 Å². The van der Waals surface area contributed by atoms with E-state index in [0.717, 1.165) is 0 Å². The molecule has 0 aromatic carbocycles. The lowest BCUT2D eigenvalue weighted by atomic mass is 10.2. The predicted octanol–water partition coefficient (Wildman–Crippen LogP) is 1.46. The zero-order chi connectivity index (χ0) is 14.7. The van der Waals surface area contributed by atoms with E-state index in [-0.39, 0.29) is 11.9 Å². The van der Waals surface area contributed by atoms with E-state index in [0.29, 0.717) is 28.7 Å². The molecule has 2 heterocycles. The lowest BCUT2D eigenvalue weighted by molar-refractivity contribution is 0.0933. The lowest BCUT2D eigenvalue weighted by Gasteiger charge is -2.11. The van der Waals surface area contributed by atoms with Gasteiger partial charge in [-0.2, -0.15) is 0 Å². The molecule has 2 aromatic rings. The minimum absolute atomic E-state index is 0.240. The van der Waals surface area contributed by atoms with E-state index < -0.39 is 0 Å². The Labute approximate surface area is 116 Å². The van der Waals surface area contributed by atoms with Crippen LogP contribution in [0.15, 0.2) is 22.7 Å². The second-order valence-electron chi connectivity index (χ2n) is 4.53. The van der Waals surface area contributed by atoms with Gasteiger partial charge in [-0.1, -0.05) is 0 Å². The molecular formula is C13H17N5O2. The fourth-order valence-electron chi connectivity index (χ4n) is 1.79. The van der Waals surface area contributed by atoms with Gasteiger partial charge in [0.15, 0.2) is 0 Å². The van der Waals surface area contributed by atoms with Gasteiger partial charge >= 0.3 is 0 Å². The predicted molar refractivity (Wildman–Crippen MR) is 73.9 cm³/mol. The van der Waals surface area contributed by atoms with Crippen molar-refractivity contribution in [2.45, 2.75) is 26.8 Å². The molecule has 0 aliphatic rings. The Bertz CT molecular complexity index is 623. The van der Waals surface area contributed by atoms with Crippen molar-refractivity contribution in [1.82, 2.24) is 15.3 Å². The van der Waals surface area contributed by atoms with Gasteiger partial charge in [-0.05, 0) is 32.9 Å². The molecule has 2 aromatic heterocycles. The third kappa shape index (κ3) is 3.12. The number of carbonyl (C=O) groups excluding carboxylic acids is 1. The van der Waals surface area contributed by atoms with Gasteiger partial charge in [-0.15, -0.1) is 0 Å². The minimum Gasteiger partial charge on any atom is -0.444 e. The summed E-state index contributed by atoms with van der Waals surface area (Å²) in [7, 11) is 0. The number of hydrogen-bond donors (Lipinski definition) is 3. The highest BCUT2D eigenvalue weighted by Gasteiger charge is 2.16. The molecule has 7 heteroatoms. The number of nitrogen functional groups attached to an aromatic ring is 1. The fraction of sp³-hybridized carbons (Fsp3) is 0.308. The molecular weight excluding hydrogens is 258 g/mol. The Kier molecular flexibility index (Phi) is 3.99. The Balaban J connectivity index is 2.13. The molecule has 7 nitrogen and oxygen atoms in total. The van der Waals surface area contributed by atoms with E-state index in [1.54, 1.807) is 39.1 Å². The second kappa shape index (κ2) is 5.70. The van der Waals surface area contributed by atoms with Crippen LogP contribution in [0.3, 0.4) is 0 Å². The zero-order valence-corrected chi connectivity index (χ0v) is 11.6. The van der Waals surface area contributed by atoms with Crippen LogP contribution in [0.1, 0.15) is 40.7 Å². The number of hydrazine groups is 1. The molecule has 0 aliphatic carbocycles. The molecule has 1 unspecified atom stereocenters. The molecule has 1 amide bonds. The molecule has 0 spiro atoms. The van der Waals surface area contributed by atoms with Crippen molar-refractivity contribution in [3.8, 4) is 0 Å². The van der Waals surface area contributed by atoms with Crippen LogP contribution < -0.4 is 16.6 Å². The molecule has 0 bridgehead atoms. The third-order valence-corrected chi connectivity index (χ3v) is 2.72. The molecule has 4 N–H and O–H groups in total. The number of nitrogens with two attached hydrogens (primary N) is 1. The molecule has 106 valence electrons. The highest BCUT2D eigenvalue weighted by Crippen LogP contribution is 2.14.